The van der Waals surface area contributed by atoms with Gasteiger partial charge in [0.1, 0.15) is 0 Å². The normalized spacial score (nSPS) is 21.4. The molecule has 1 atom stereocenters. The maximum atomic E-state index is 10.8. The molecule has 0 bridgehead atoms. The molecule has 1 heterocycles. The van der Waals surface area contributed by atoms with Crippen LogP contribution in [0.4, 0.5) is 0 Å². The Morgan fingerprint density at radius 2 is 2.28 bits per heavy atom. The van der Waals surface area contributed by atoms with E-state index in [1.54, 1.807) is 0 Å². The molecule has 1 aliphatic heterocycles. The molecule has 1 rings (SSSR count). The zero-order valence-electron chi connectivity index (χ0n) is 10.6. The first-order valence-electron chi connectivity index (χ1n) is 5.87. The van der Waals surface area contributed by atoms with Crippen molar-refractivity contribution in [2.45, 2.75) is 19.9 Å². The van der Waals surface area contributed by atoms with E-state index in [1.807, 2.05) is 0 Å². The first-order valence-corrected chi connectivity index (χ1v) is 5.87. The number of likely N-dealkylation sites (N-methyl/N-ethyl adjacent to an activating group) is 1. The number of hydrogen-bond acceptors (Lipinski definition) is 5. The number of aliphatic imine (C=N–C) groups is 2. The van der Waals surface area contributed by atoms with E-state index in [1.165, 1.54) is 6.34 Å². The van der Waals surface area contributed by atoms with Crippen LogP contribution in [0, 0.1) is 15.5 Å². The molecule has 1 unspecified atom stereocenters. The summed E-state index contributed by atoms with van der Waals surface area (Å²) in [4.78, 5) is 20.2. The van der Waals surface area contributed by atoms with E-state index in [2.05, 4.69) is 34.0 Å². The van der Waals surface area contributed by atoms with Crippen LogP contribution in [0.1, 0.15) is 13.8 Å². The van der Waals surface area contributed by atoms with Gasteiger partial charge in [0.15, 0.2) is 5.84 Å². The van der Waals surface area contributed by atoms with Gasteiger partial charge >= 0.3 is 6.04 Å². The maximum absolute atomic E-state index is 10.8. The van der Waals surface area contributed by atoms with Crippen LogP contribution in [0.25, 0.3) is 0 Å². The third-order valence-electron chi connectivity index (χ3n) is 2.74. The molecule has 18 heavy (non-hydrogen) atoms. The van der Waals surface area contributed by atoms with Crippen LogP contribution in [0.3, 0.4) is 0 Å². The van der Waals surface area contributed by atoms with Crippen LogP contribution >= 0.6 is 0 Å². The monoisotopic (exact) mass is 254 g/mol. The molecular formula is C10H18N6O2. The molecule has 0 aliphatic carbocycles. The van der Waals surface area contributed by atoms with Crippen molar-refractivity contribution in [2.75, 3.05) is 26.2 Å². The minimum absolute atomic E-state index is 0.187. The number of amidine groups is 2. The maximum Gasteiger partial charge on any atom is 0.327 e. The zero-order valence-corrected chi connectivity index (χ0v) is 10.6. The minimum Gasteiger partial charge on any atom is -0.329 e. The van der Waals surface area contributed by atoms with Gasteiger partial charge in [-0.25, -0.2) is 4.99 Å². The van der Waals surface area contributed by atoms with Gasteiger partial charge in [-0.2, -0.15) is 0 Å². The number of nitrogens with zero attached hydrogens (tertiary/aromatic N) is 4. The fourth-order valence-corrected chi connectivity index (χ4v) is 1.63. The van der Waals surface area contributed by atoms with Crippen molar-refractivity contribution in [3.05, 3.63) is 10.1 Å². The van der Waals surface area contributed by atoms with E-state index in [9.17, 15) is 10.1 Å². The van der Waals surface area contributed by atoms with E-state index in [0.29, 0.717) is 6.54 Å². The molecule has 0 saturated heterocycles. The van der Waals surface area contributed by atoms with Crippen molar-refractivity contribution in [3.8, 4) is 0 Å². The highest BCUT2D eigenvalue weighted by Crippen LogP contribution is 2.00. The lowest BCUT2D eigenvalue weighted by atomic mass is 10.2. The second-order valence-electron chi connectivity index (χ2n) is 3.77. The lowest BCUT2D eigenvalue weighted by Crippen LogP contribution is -2.47. The quantitative estimate of drug-likeness (QED) is 0.513. The Labute approximate surface area is 105 Å². The van der Waals surface area contributed by atoms with Crippen molar-refractivity contribution >= 4 is 18.0 Å². The summed E-state index contributed by atoms with van der Waals surface area (Å²) < 4.78 is 0. The second-order valence-corrected chi connectivity index (χ2v) is 3.77. The van der Waals surface area contributed by atoms with Gasteiger partial charge in [-0.05, 0) is 13.1 Å². The first-order chi connectivity index (χ1) is 8.60. The Morgan fingerprint density at radius 3 is 2.83 bits per heavy atom. The summed E-state index contributed by atoms with van der Waals surface area (Å²) in [7, 11) is 0. The number of nitro groups is 1. The van der Waals surface area contributed by atoms with Gasteiger partial charge < -0.3 is 10.2 Å². The number of rotatable bonds is 6. The molecule has 8 heteroatoms. The van der Waals surface area contributed by atoms with Gasteiger partial charge in [-0.1, -0.05) is 13.8 Å². The fraction of sp³-hybridized carbons (Fsp3) is 0.700. The Balaban J connectivity index is 2.65. The summed E-state index contributed by atoms with van der Waals surface area (Å²) >= 11 is 0. The fourth-order valence-electron chi connectivity index (χ4n) is 1.63. The van der Waals surface area contributed by atoms with Crippen LogP contribution in [0.5, 0.6) is 0 Å². The summed E-state index contributed by atoms with van der Waals surface area (Å²) in [5.74, 6) is -0.104. The van der Waals surface area contributed by atoms with Crippen molar-refractivity contribution in [3.63, 3.8) is 0 Å². The number of hydrogen-bond donors (Lipinski definition) is 2. The van der Waals surface area contributed by atoms with Gasteiger partial charge in [-0.3, -0.25) is 20.5 Å². The van der Waals surface area contributed by atoms with Gasteiger partial charge in [0.25, 0.3) is 0 Å². The average Bonchev–Trinajstić information content (AvgIpc) is 2.34. The lowest BCUT2D eigenvalue weighted by molar-refractivity contribution is -0.485. The van der Waals surface area contributed by atoms with E-state index >= 15 is 0 Å². The van der Waals surface area contributed by atoms with E-state index in [0.717, 1.165) is 19.6 Å². The van der Waals surface area contributed by atoms with Gasteiger partial charge in [-0.15, -0.1) is 0 Å². The third-order valence-corrected chi connectivity index (χ3v) is 2.74. The smallest absolute Gasteiger partial charge is 0.327 e. The standard InChI is InChI=1S/C10H18N6O2/c1-3-15(4-2)6-5-12-10-8(16(17)18)9(11)13-7-14-10/h7-8H,3-6H2,1-2H3,(H2,11,12,13,14). The summed E-state index contributed by atoms with van der Waals surface area (Å²) in [6, 6.07) is -1.27. The highest BCUT2D eigenvalue weighted by atomic mass is 16.6. The molecular weight excluding hydrogens is 236 g/mol. The molecule has 1 aliphatic rings. The largest absolute Gasteiger partial charge is 0.329 e. The Kier molecular flexibility index (Phi) is 5.37. The van der Waals surface area contributed by atoms with E-state index in [4.69, 9.17) is 5.41 Å². The van der Waals surface area contributed by atoms with Crippen LogP contribution in [-0.2, 0) is 0 Å². The summed E-state index contributed by atoms with van der Waals surface area (Å²) in [6.07, 6.45) is 1.26. The molecule has 0 aromatic heterocycles. The molecule has 0 radical (unpaired) electrons. The van der Waals surface area contributed by atoms with Gasteiger partial charge in [0.05, 0.1) is 12.9 Å². The molecule has 2 N–H and O–H groups in total. The van der Waals surface area contributed by atoms with Crippen molar-refractivity contribution in [2.24, 2.45) is 9.98 Å². The minimum atomic E-state index is -1.27. The second kappa shape index (κ2) is 6.80. The molecule has 0 fully saturated rings. The van der Waals surface area contributed by atoms with Gasteiger partial charge in [0, 0.05) is 11.5 Å². The Hall–Kier alpha value is -1.83. The summed E-state index contributed by atoms with van der Waals surface area (Å²) in [5.41, 5.74) is 0. The average molecular weight is 254 g/mol. The van der Waals surface area contributed by atoms with Gasteiger partial charge in [0.2, 0.25) is 5.84 Å². The molecule has 100 valence electrons. The van der Waals surface area contributed by atoms with E-state index in [-0.39, 0.29) is 11.7 Å². The van der Waals surface area contributed by atoms with Crippen molar-refractivity contribution in [1.82, 2.24) is 10.2 Å². The lowest BCUT2D eigenvalue weighted by Gasteiger charge is -2.18. The number of nitrogens with one attached hydrogen (secondary N) is 2. The summed E-state index contributed by atoms with van der Waals surface area (Å²) in [5, 5.41) is 20.9. The first kappa shape index (κ1) is 14.2. The highest BCUT2D eigenvalue weighted by Gasteiger charge is 2.34. The van der Waals surface area contributed by atoms with Crippen molar-refractivity contribution in [1.29, 1.82) is 5.41 Å². The molecule has 0 spiro atoms. The molecule has 0 amide bonds. The Morgan fingerprint density at radius 1 is 1.61 bits per heavy atom. The molecule has 0 aromatic carbocycles. The predicted octanol–water partition coefficient (Wildman–Crippen LogP) is -0.0192. The molecule has 0 aromatic rings. The Bertz CT molecular complexity index is 375. The third kappa shape index (κ3) is 3.59. The van der Waals surface area contributed by atoms with E-state index < -0.39 is 11.0 Å². The van der Waals surface area contributed by atoms with Crippen LogP contribution in [-0.4, -0.2) is 60.1 Å². The van der Waals surface area contributed by atoms with Crippen LogP contribution in [0.15, 0.2) is 9.98 Å². The SMILES string of the molecule is CCN(CC)CCN=C1NC=NC(=N)C1[N+](=O)[O-]. The van der Waals surface area contributed by atoms with Crippen molar-refractivity contribution < 1.29 is 4.92 Å². The highest BCUT2D eigenvalue weighted by molar-refractivity contribution is 6.15. The molecule has 0 saturated carbocycles. The zero-order chi connectivity index (χ0) is 13.5. The summed E-state index contributed by atoms with van der Waals surface area (Å²) in [6.45, 7) is 7.16. The molecule has 8 nitrogen and oxygen atoms in total. The van der Waals surface area contributed by atoms with Crippen LogP contribution in [0.2, 0.25) is 0 Å². The van der Waals surface area contributed by atoms with Crippen LogP contribution < -0.4 is 5.32 Å². The topological polar surface area (TPSA) is 107 Å². The predicted molar refractivity (Wildman–Crippen MR) is 70.2 cm³/mol.